The van der Waals surface area contributed by atoms with Crippen LogP contribution in [0.4, 0.5) is 0 Å². The Bertz CT molecular complexity index is 722. The number of halogens is 1. The summed E-state index contributed by atoms with van der Waals surface area (Å²) in [6, 6.07) is 7.83. The molecular formula is C19H27IN4O2. The van der Waals surface area contributed by atoms with Crippen molar-refractivity contribution in [1.82, 2.24) is 15.6 Å². The van der Waals surface area contributed by atoms with Crippen LogP contribution >= 0.6 is 24.0 Å². The SMILES string of the molecule is CN=C(NCCc1ccncc1C)NCc1ccc(OC)cc1OC.I. The summed E-state index contributed by atoms with van der Waals surface area (Å²) in [5.41, 5.74) is 3.53. The van der Waals surface area contributed by atoms with Crippen molar-refractivity contribution in [3.63, 3.8) is 0 Å². The van der Waals surface area contributed by atoms with Crippen LogP contribution in [0.15, 0.2) is 41.7 Å². The zero-order chi connectivity index (χ0) is 18.1. The van der Waals surface area contributed by atoms with Crippen molar-refractivity contribution in [2.45, 2.75) is 19.9 Å². The largest absolute Gasteiger partial charge is 0.497 e. The average molecular weight is 470 g/mol. The van der Waals surface area contributed by atoms with Crippen LogP contribution in [0.2, 0.25) is 0 Å². The van der Waals surface area contributed by atoms with Crippen LogP contribution in [0.5, 0.6) is 11.5 Å². The van der Waals surface area contributed by atoms with E-state index in [-0.39, 0.29) is 24.0 Å². The molecule has 0 amide bonds. The first kappa shape index (κ1) is 22.0. The van der Waals surface area contributed by atoms with Gasteiger partial charge in [-0.15, -0.1) is 24.0 Å². The quantitative estimate of drug-likeness (QED) is 0.370. The van der Waals surface area contributed by atoms with E-state index in [4.69, 9.17) is 9.47 Å². The van der Waals surface area contributed by atoms with Crippen LogP contribution in [0.1, 0.15) is 16.7 Å². The molecule has 2 aromatic rings. The summed E-state index contributed by atoms with van der Waals surface area (Å²) >= 11 is 0. The third-order valence-electron chi connectivity index (χ3n) is 3.99. The van der Waals surface area contributed by atoms with E-state index in [2.05, 4.69) is 33.6 Å². The standard InChI is InChI=1S/C19H26N4O2.HI/c1-14-12-21-9-7-15(14)8-10-22-19(20-2)23-13-16-5-6-17(24-3)11-18(16)25-4;/h5-7,9,11-12H,8,10,13H2,1-4H3,(H2,20,22,23);1H. The molecule has 0 aliphatic carbocycles. The fourth-order valence-electron chi connectivity index (χ4n) is 2.50. The summed E-state index contributed by atoms with van der Waals surface area (Å²) < 4.78 is 10.6. The van der Waals surface area contributed by atoms with Crippen molar-refractivity contribution in [3.8, 4) is 11.5 Å². The lowest BCUT2D eigenvalue weighted by molar-refractivity contribution is 0.390. The summed E-state index contributed by atoms with van der Waals surface area (Å²) in [5, 5.41) is 6.63. The lowest BCUT2D eigenvalue weighted by atomic mass is 10.1. The zero-order valence-corrected chi connectivity index (χ0v) is 18.0. The lowest BCUT2D eigenvalue weighted by Crippen LogP contribution is -2.38. The Hall–Kier alpha value is -2.03. The van der Waals surface area contributed by atoms with E-state index < -0.39 is 0 Å². The number of benzene rings is 1. The van der Waals surface area contributed by atoms with Crippen molar-refractivity contribution in [1.29, 1.82) is 0 Å². The summed E-state index contributed by atoms with van der Waals surface area (Å²) in [5.74, 6) is 2.31. The number of rotatable bonds is 7. The minimum absolute atomic E-state index is 0. The third kappa shape index (κ3) is 6.36. The number of ether oxygens (including phenoxy) is 2. The molecule has 0 spiro atoms. The van der Waals surface area contributed by atoms with Gasteiger partial charge in [0.25, 0.3) is 0 Å². The number of hydrogen-bond donors (Lipinski definition) is 2. The maximum absolute atomic E-state index is 5.42. The number of aliphatic imine (C=N–C) groups is 1. The minimum Gasteiger partial charge on any atom is -0.497 e. The summed E-state index contributed by atoms with van der Waals surface area (Å²) in [4.78, 5) is 8.38. The first-order chi connectivity index (χ1) is 12.2. The van der Waals surface area contributed by atoms with Gasteiger partial charge in [0.05, 0.1) is 14.2 Å². The topological polar surface area (TPSA) is 67.8 Å². The van der Waals surface area contributed by atoms with Crippen molar-refractivity contribution in [3.05, 3.63) is 53.3 Å². The molecule has 26 heavy (non-hydrogen) atoms. The van der Waals surface area contributed by atoms with E-state index >= 15 is 0 Å². The van der Waals surface area contributed by atoms with E-state index in [1.807, 2.05) is 30.6 Å². The summed E-state index contributed by atoms with van der Waals surface area (Å²) in [6.07, 6.45) is 4.63. The molecule has 0 unspecified atom stereocenters. The number of guanidine groups is 1. The fraction of sp³-hybridized carbons (Fsp3) is 0.368. The normalized spacial score (nSPS) is 10.7. The highest BCUT2D eigenvalue weighted by Gasteiger charge is 2.06. The number of hydrogen-bond acceptors (Lipinski definition) is 4. The first-order valence-electron chi connectivity index (χ1n) is 8.22. The number of aryl methyl sites for hydroxylation is 1. The average Bonchev–Trinajstić information content (AvgIpc) is 2.65. The highest BCUT2D eigenvalue weighted by Crippen LogP contribution is 2.24. The Balaban J connectivity index is 0.00000338. The molecule has 0 aliphatic heterocycles. The van der Waals surface area contributed by atoms with Crippen LogP contribution in [0, 0.1) is 6.92 Å². The number of methoxy groups -OCH3 is 2. The van der Waals surface area contributed by atoms with Crippen LogP contribution in [0.25, 0.3) is 0 Å². The molecular weight excluding hydrogens is 443 g/mol. The number of nitrogens with zero attached hydrogens (tertiary/aromatic N) is 2. The maximum atomic E-state index is 5.42. The Morgan fingerprint density at radius 1 is 1.12 bits per heavy atom. The van der Waals surface area contributed by atoms with Gasteiger partial charge < -0.3 is 20.1 Å². The van der Waals surface area contributed by atoms with Gasteiger partial charge in [-0.05, 0) is 42.7 Å². The van der Waals surface area contributed by atoms with Gasteiger partial charge >= 0.3 is 0 Å². The van der Waals surface area contributed by atoms with Crippen LogP contribution in [-0.2, 0) is 13.0 Å². The third-order valence-corrected chi connectivity index (χ3v) is 3.99. The first-order valence-corrected chi connectivity index (χ1v) is 8.22. The molecule has 0 bridgehead atoms. The van der Waals surface area contributed by atoms with Crippen molar-refractivity contribution < 1.29 is 9.47 Å². The predicted molar refractivity (Wildman–Crippen MR) is 116 cm³/mol. The minimum atomic E-state index is 0. The van der Waals surface area contributed by atoms with Crippen LogP contribution < -0.4 is 20.1 Å². The van der Waals surface area contributed by atoms with E-state index in [0.29, 0.717) is 6.54 Å². The molecule has 1 aromatic carbocycles. The molecule has 0 aliphatic rings. The van der Waals surface area contributed by atoms with Gasteiger partial charge in [0.15, 0.2) is 5.96 Å². The van der Waals surface area contributed by atoms with Gasteiger partial charge in [-0.2, -0.15) is 0 Å². The van der Waals surface area contributed by atoms with Gasteiger partial charge in [0, 0.05) is 44.2 Å². The van der Waals surface area contributed by atoms with Crippen molar-refractivity contribution >= 4 is 29.9 Å². The molecule has 0 saturated heterocycles. The fourth-order valence-corrected chi connectivity index (χ4v) is 2.50. The molecule has 2 N–H and O–H groups in total. The van der Waals surface area contributed by atoms with Gasteiger partial charge in [-0.25, -0.2) is 0 Å². The van der Waals surface area contributed by atoms with E-state index in [1.165, 1.54) is 11.1 Å². The number of aromatic nitrogens is 1. The van der Waals surface area contributed by atoms with E-state index in [0.717, 1.165) is 36.0 Å². The highest BCUT2D eigenvalue weighted by atomic mass is 127. The highest BCUT2D eigenvalue weighted by molar-refractivity contribution is 14.0. The van der Waals surface area contributed by atoms with E-state index in [1.54, 1.807) is 21.3 Å². The number of pyridine rings is 1. The smallest absolute Gasteiger partial charge is 0.191 e. The molecule has 142 valence electrons. The predicted octanol–water partition coefficient (Wildman–Crippen LogP) is 2.93. The second-order valence-electron chi connectivity index (χ2n) is 5.58. The Morgan fingerprint density at radius 2 is 1.92 bits per heavy atom. The molecule has 7 heteroatoms. The Morgan fingerprint density at radius 3 is 2.58 bits per heavy atom. The second-order valence-corrected chi connectivity index (χ2v) is 5.58. The van der Waals surface area contributed by atoms with Gasteiger partial charge in [-0.3, -0.25) is 9.98 Å². The van der Waals surface area contributed by atoms with Crippen molar-refractivity contribution in [2.24, 2.45) is 4.99 Å². The summed E-state index contributed by atoms with van der Waals surface area (Å²) in [6.45, 7) is 3.48. The molecule has 1 heterocycles. The monoisotopic (exact) mass is 470 g/mol. The molecule has 0 saturated carbocycles. The van der Waals surface area contributed by atoms with Gasteiger partial charge in [-0.1, -0.05) is 0 Å². The Kier molecular flexibility index (Phi) is 9.79. The maximum Gasteiger partial charge on any atom is 0.191 e. The van der Waals surface area contributed by atoms with E-state index in [9.17, 15) is 0 Å². The second kappa shape index (κ2) is 11.6. The zero-order valence-electron chi connectivity index (χ0n) is 15.7. The van der Waals surface area contributed by atoms with Gasteiger partial charge in [0.1, 0.15) is 11.5 Å². The molecule has 0 fully saturated rings. The lowest BCUT2D eigenvalue weighted by Gasteiger charge is -2.14. The molecule has 1 aromatic heterocycles. The van der Waals surface area contributed by atoms with Gasteiger partial charge in [0.2, 0.25) is 0 Å². The molecule has 2 rings (SSSR count). The van der Waals surface area contributed by atoms with Crippen molar-refractivity contribution in [2.75, 3.05) is 27.8 Å². The summed E-state index contributed by atoms with van der Waals surface area (Å²) in [7, 11) is 5.06. The van der Waals surface area contributed by atoms with Crippen LogP contribution in [0.3, 0.4) is 0 Å². The number of nitrogens with one attached hydrogen (secondary N) is 2. The van der Waals surface area contributed by atoms with Crippen LogP contribution in [-0.4, -0.2) is 38.8 Å². The molecule has 0 atom stereocenters. The molecule has 0 radical (unpaired) electrons. The Labute approximate surface area is 172 Å². The molecule has 6 nitrogen and oxygen atoms in total.